The number of carbonyl (C=O) groups excluding carboxylic acids is 1. The van der Waals surface area contributed by atoms with Crippen LogP contribution >= 0.6 is 0 Å². The lowest BCUT2D eigenvalue weighted by atomic mass is 10.1. The van der Waals surface area contributed by atoms with Crippen LogP contribution in [-0.4, -0.2) is 19.6 Å². The van der Waals surface area contributed by atoms with Crippen LogP contribution in [0.2, 0.25) is 0 Å². The molecule has 0 spiro atoms. The zero-order valence-corrected chi connectivity index (χ0v) is 12.8. The second kappa shape index (κ2) is 7.58. The average Bonchev–Trinajstić information content (AvgIpc) is 2.53. The van der Waals surface area contributed by atoms with Gasteiger partial charge in [0.25, 0.3) is 5.91 Å². The van der Waals surface area contributed by atoms with E-state index in [1.165, 1.54) is 31.4 Å². The highest BCUT2D eigenvalue weighted by molar-refractivity contribution is 5.78. The maximum absolute atomic E-state index is 13.5. The largest absolute Gasteiger partial charge is 0.494 e. The van der Waals surface area contributed by atoms with Crippen LogP contribution in [0.5, 0.6) is 11.5 Å². The van der Waals surface area contributed by atoms with E-state index in [1.54, 1.807) is 19.1 Å². The number of hydrogen-bond acceptors (Lipinski definition) is 3. The van der Waals surface area contributed by atoms with Gasteiger partial charge in [0.2, 0.25) is 0 Å². The van der Waals surface area contributed by atoms with Gasteiger partial charge in [-0.3, -0.25) is 4.79 Å². The normalized spacial score (nSPS) is 11.7. The molecule has 0 radical (unpaired) electrons. The quantitative estimate of drug-likeness (QED) is 0.888. The molecule has 1 atom stereocenters. The minimum absolute atomic E-state index is 0.103. The Morgan fingerprint density at radius 1 is 1.17 bits per heavy atom. The molecule has 0 aliphatic heterocycles. The molecule has 4 nitrogen and oxygen atoms in total. The Morgan fingerprint density at radius 2 is 1.87 bits per heavy atom. The number of benzene rings is 2. The van der Waals surface area contributed by atoms with Crippen molar-refractivity contribution in [3.8, 4) is 11.5 Å². The molecule has 0 aliphatic rings. The van der Waals surface area contributed by atoms with E-state index in [9.17, 15) is 13.6 Å². The number of halogens is 2. The minimum atomic E-state index is -0.565. The van der Waals surface area contributed by atoms with Crippen molar-refractivity contribution >= 4 is 5.91 Å². The van der Waals surface area contributed by atoms with Crippen LogP contribution in [0.1, 0.15) is 18.5 Å². The maximum atomic E-state index is 13.5. The summed E-state index contributed by atoms with van der Waals surface area (Å²) in [6, 6.07) is 9.64. The van der Waals surface area contributed by atoms with E-state index in [0.717, 1.165) is 11.6 Å². The van der Waals surface area contributed by atoms with Gasteiger partial charge in [-0.05, 0) is 36.8 Å². The van der Waals surface area contributed by atoms with E-state index >= 15 is 0 Å². The van der Waals surface area contributed by atoms with Crippen molar-refractivity contribution in [3.05, 3.63) is 59.7 Å². The van der Waals surface area contributed by atoms with Crippen molar-refractivity contribution in [1.29, 1.82) is 0 Å². The highest BCUT2D eigenvalue weighted by Crippen LogP contribution is 2.22. The van der Waals surface area contributed by atoms with Gasteiger partial charge in [-0.1, -0.05) is 12.1 Å². The van der Waals surface area contributed by atoms with Crippen LogP contribution in [0.15, 0.2) is 42.5 Å². The van der Waals surface area contributed by atoms with Gasteiger partial charge in [-0.25, -0.2) is 8.78 Å². The molecule has 0 bridgehead atoms. The first-order valence-corrected chi connectivity index (χ1v) is 7.00. The first-order chi connectivity index (χ1) is 11.0. The Bertz CT molecular complexity index is 674. The van der Waals surface area contributed by atoms with Gasteiger partial charge in [0.1, 0.15) is 11.6 Å². The van der Waals surface area contributed by atoms with E-state index in [2.05, 4.69) is 5.32 Å². The molecular weight excluding hydrogens is 304 g/mol. The van der Waals surface area contributed by atoms with Crippen molar-refractivity contribution in [2.75, 3.05) is 13.7 Å². The van der Waals surface area contributed by atoms with Crippen molar-refractivity contribution in [2.45, 2.75) is 13.0 Å². The van der Waals surface area contributed by atoms with Gasteiger partial charge in [0.05, 0.1) is 13.2 Å². The lowest BCUT2D eigenvalue weighted by Crippen LogP contribution is -2.31. The topological polar surface area (TPSA) is 47.6 Å². The van der Waals surface area contributed by atoms with Crippen LogP contribution in [-0.2, 0) is 4.79 Å². The number of rotatable bonds is 6. The molecular formula is C17H17F2NO3. The Labute approximate surface area is 133 Å². The Balaban J connectivity index is 1.87. The standard InChI is InChI=1S/C17H17F2NO3/c1-11(12-3-5-13(18)6-4-12)20-17(21)10-23-14-7-8-16(22-2)15(19)9-14/h3-9,11H,10H2,1-2H3,(H,20,21). The fourth-order valence-corrected chi connectivity index (χ4v) is 2.00. The van der Waals surface area contributed by atoms with Gasteiger partial charge in [0.15, 0.2) is 18.2 Å². The number of nitrogens with one attached hydrogen (secondary N) is 1. The summed E-state index contributed by atoms with van der Waals surface area (Å²) >= 11 is 0. The van der Waals surface area contributed by atoms with E-state index in [1.807, 2.05) is 0 Å². The summed E-state index contributed by atoms with van der Waals surface area (Å²) in [7, 11) is 1.36. The average molecular weight is 321 g/mol. The van der Waals surface area contributed by atoms with Crippen LogP contribution in [0.3, 0.4) is 0 Å². The maximum Gasteiger partial charge on any atom is 0.258 e. The Hall–Kier alpha value is -2.63. The molecule has 0 heterocycles. The number of hydrogen-bond donors (Lipinski definition) is 1. The Morgan fingerprint density at radius 3 is 2.48 bits per heavy atom. The SMILES string of the molecule is COc1ccc(OCC(=O)NC(C)c2ccc(F)cc2)cc1F. The predicted octanol–water partition coefficient (Wildman–Crippen LogP) is 3.23. The Kier molecular flexibility index (Phi) is 5.51. The molecule has 2 aromatic carbocycles. The van der Waals surface area contributed by atoms with Crippen molar-refractivity contribution < 1.29 is 23.0 Å². The summed E-state index contributed by atoms with van der Waals surface area (Å²) in [5.41, 5.74) is 0.773. The fourth-order valence-electron chi connectivity index (χ4n) is 2.00. The predicted molar refractivity (Wildman–Crippen MR) is 81.4 cm³/mol. The highest BCUT2D eigenvalue weighted by atomic mass is 19.1. The van der Waals surface area contributed by atoms with Crippen molar-refractivity contribution in [3.63, 3.8) is 0 Å². The third-order valence-electron chi connectivity index (χ3n) is 3.24. The number of carbonyl (C=O) groups is 1. The van der Waals surface area contributed by atoms with Crippen molar-refractivity contribution in [1.82, 2.24) is 5.32 Å². The fraction of sp³-hybridized carbons (Fsp3) is 0.235. The molecule has 0 aliphatic carbocycles. The summed E-state index contributed by atoms with van der Waals surface area (Å²) in [5.74, 6) is -0.931. The third kappa shape index (κ3) is 4.67. The highest BCUT2D eigenvalue weighted by Gasteiger charge is 2.11. The summed E-state index contributed by atoms with van der Waals surface area (Å²) in [6.45, 7) is 1.52. The molecule has 122 valence electrons. The van der Waals surface area contributed by atoms with Gasteiger partial charge in [-0.15, -0.1) is 0 Å². The summed E-state index contributed by atoms with van der Waals surface area (Å²) in [5, 5.41) is 2.72. The molecule has 23 heavy (non-hydrogen) atoms. The van der Waals surface area contributed by atoms with Gasteiger partial charge in [-0.2, -0.15) is 0 Å². The van der Waals surface area contributed by atoms with E-state index in [0.29, 0.717) is 0 Å². The molecule has 1 N–H and O–H groups in total. The number of methoxy groups -OCH3 is 1. The monoisotopic (exact) mass is 321 g/mol. The smallest absolute Gasteiger partial charge is 0.258 e. The van der Waals surface area contributed by atoms with Gasteiger partial charge >= 0.3 is 0 Å². The lowest BCUT2D eigenvalue weighted by molar-refractivity contribution is -0.123. The third-order valence-corrected chi connectivity index (χ3v) is 3.24. The first kappa shape index (κ1) is 16.7. The minimum Gasteiger partial charge on any atom is -0.494 e. The van der Waals surface area contributed by atoms with Crippen LogP contribution in [0.25, 0.3) is 0 Å². The second-order valence-corrected chi connectivity index (χ2v) is 4.93. The molecule has 0 fully saturated rings. The lowest BCUT2D eigenvalue weighted by Gasteiger charge is -2.15. The molecule has 1 amide bonds. The summed E-state index contributed by atoms with van der Waals surface area (Å²) in [6.07, 6.45) is 0. The molecule has 1 unspecified atom stereocenters. The van der Waals surface area contributed by atoms with E-state index < -0.39 is 5.82 Å². The van der Waals surface area contributed by atoms with E-state index in [4.69, 9.17) is 9.47 Å². The number of amides is 1. The zero-order valence-electron chi connectivity index (χ0n) is 12.8. The summed E-state index contributed by atoms with van der Waals surface area (Å²) < 4.78 is 36.4. The molecule has 2 rings (SSSR count). The summed E-state index contributed by atoms with van der Waals surface area (Å²) in [4.78, 5) is 11.8. The molecule has 6 heteroatoms. The first-order valence-electron chi connectivity index (χ1n) is 7.00. The van der Waals surface area contributed by atoms with Crippen LogP contribution < -0.4 is 14.8 Å². The van der Waals surface area contributed by atoms with Crippen LogP contribution in [0, 0.1) is 11.6 Å². The number of ether oxygens (including phenoxy) is 2. The molecule has 0 aromatic heterocycles. The van der Waals surface area contributed by atoms with Crippen molar-refractivity contribution in [2.24, 2.45) is 0 Å². The van der Waals surface area contributed by atoms with Crippen LogP contribution in [0.4, 0.5) is 8.78 Å². The molecule has 0 saturated carbocycles. The zero-order chi connectivity index (χ0) is 16.8. The molecule has 2 aromatic rings. The second-order valence-electron chi connectivity index (χ2n) is 4.93. The van der Waals surface area contributed by atoms with Gasteiger partial charge < -0.3 is 14.8 Å². The van der Waals surface area contributed by atoms with E-state index in [-0.39, 0.29) is 35.9 Å². The molecule has 0 saturated heterocycles. The van der Waals surface area contributed by atoms with Gasteiger partial charge in [0, 0.05) is 6.07 Å².